The van der Waals surface area contributed by atoms with Gasteiger partial charge < -0.3 is 0 Å². The van der Waals surface area contributed by atoms with E-state index >= 15 is 0 Å². The maximum Gasteiger partial charge on any atom is 0.176 e. The van der Waals surface area contributed by atoms with Crippen molar-refractivity contribution in [2.75, 3.05) is 6.26 Å². The molecule has 1 atom stereocenters. The average molecular weight is 302 g/mol. The lowest BCUT2D eigenvalue weighted by Gasteiger charge is -2.11. The third-order valence-electron chi connectivity index (χ3n) is 2.95. The van der Waals surface area contributed by atoms with Crippen LogP contribution in [-0.4, -0.2) is 14.7 Å². The van der Waals surface area contributed by atoms with Crippen LogP contribution in [0.4, 0.5) is 0 Å². The van der Waals surface area contributed by atoms with Gasteiger partial charge in [-0.1, -0.05) is 12.5 Å². The van der Waals surface area contributed by atoms with Crippen LogP contribution in [0.1, 0.15) is 30.7 Å². The van der Waals surface area contributed by atoms with Gasteiger partial charge in [0, 0.05) is 10.7 Å². The Kier molecular flexibility index (Phi) is 3.40. The molecule has 2 rings (SSSR count). The molecule has 1 saturated carbocycles. The van der Waals surface area contributed by atoms with Crippen molar-refractivity contribution in [3.05, 3.63) is 34.7 Å². The van der Waals surface area contributed by atoms with Gasteiger partial charge in [0.1, 0.15) is 0 Å². The van der Waals surface area contributed by atoms with Crippen molar-refractivity contribution in [1.82, 2.24) is 0 Å². The number of halogens is 1. The van der Waals surface area contributed by atoms with Crippen LogP contribution in [0.2, 0.25) is 0 Å². The normalized spacial score (nSPS) is 17.9. The highest BCUT2D eigenvalue weighted by Crippen LogP contribution is 2.35. The topological polar surface area (TPSA) is 34.1 Å². The molecule has 1 aliphatic rings. The molecule has 0 N–H and O–H groups in total. The fourth-order valence-electron chi connectivity index (χ4n) is 2.13. The second-order valence-electron chi connectivity index (χ2n) is 4.24. The minimum atomic E-state index is -3.13. The summed E-state index contributed by atoms with van der Waals surface area (Å²) >= 11 is 3.34. The third kappa shape index (κ3) is 2.48. The van der Waals surface area contributed by atoms with E-state index in [0.717, 1.165) is 6.42 Å². The summed E-state index contributed by atoms with van der Waals surface area (Å²) in [4.78, 5) is 0.370. The Hall–Kier alpha value is -0.350. The van der Waals surface area contributed by atoms with E-state index in [0.29, 0.717) is 15.3 Å². The molecule has 1 aromatic rings. The van der Waals surface area contributed by atoms with Gasteiger partial charge in [-0.2, -0.15) is 0 Å². The van der Waals surface area contributed by atoms with E-state index in [1.807, 2.05) is 12.1 Å². The molecule has 4 heteroatoms. The molecule has 1 aromatic carbocycles. The van der Waals surface area contributed by atoms with Crippen molar-refractivity contribution < 1.29 is 8.42 Å². The van der Waals surface area contributed by atoms with Crippen molar-refractivity contribution in [3.63, 3.8) is 0 Å². The van der Waals surface area contributed by atoms with Crippen LogP contribution < -0.4 is 0 Å². The number of hydrogen-bond donors (Lipinski definition) is 0. The average Bonchev–Trinajstić information content (AvgIpc) is 2.68. The Labute approximate surface area is 105 Å². The zero-order valence-corrected chi connectivity index (χ0v) is 11.5. The highest BCUT2D eigenvalue weighted by Gasteiger charge is 2.19. The first-order valence-corrected chi connectivity index (χ1v) is 8.00. The van der Waals surface area contributed by atoms with Crippen LogP contribution in [0.25, 0.3) is 0 Å². The molecule has 1 fully saturated rings. The minimum absolute atomic E-state index is 0.370. The predicted octanol–water partition coefficient (Wildman–Crippen LogP) is 3.32. The van der Waals surface area contributed by atoms with E-state index in [-0.39, 0.29) is 0 Å². The summed E-state index contributed by atoms with van der Waals surface area (Å²) in [6.07, 6.45) is 7.10. The molecule has 1 radical (unpaired) electrons. The van der Waals surface area contributed by atoms with E-state index in [1.54, 1.807) is 6.07 Å². The summed E-state index contributed by atoms with van der Waals surface area (Å²) in [5, 5.41) is 0. The number of sulfone groups is 1. The lowest BCUT2D eigenvalue weighted by molar-refractivity contribution is 0.601. The molecule has 2 nitrogen and oxygen atoms in total. The van der Waals surface area contributed by atoms with Gasteiger partial charge in [0.15, 0.2) is 9.84 Å². The van der Waals surface area contributed by atoms with Crippen LogP contribution >= 0.6 is 15.9 Å². The fraction of sp³-hybridized carbons (Fsp3) is 0.417. The Bertz CT molecular complexity index is 488. The zero-order valence-electron chi connectivity index (χ0n) is 9.11. The standard InChI is InChI=1S/C12H14BrO2S/c1-16(14,15)12-7-6-10(8-11(12)13)9-4-2-3-5-9/h4,6-9H,2-3,5H2,1H3. The van der Waals surface area contributed by atoms with E-state index in [4.69, 9.17) is 0 Å². The van der Waals surface area contributed by atoms with Crippen LogP contribution in [0, 0.1) is 6.42 Å². The van der Waals surface area contributed by atoms with Crippen LogP contribution in [0.3, 0.4) is 0 Å². The fourth-order valence-corrected chi connectivity index (χ4v) is 4.13. The first kappa shape index (κ1) is 12.1. The maximum absolute atomic E-state index is 11.4. The van der Waals surface area contributed by atoms with Gasteiger partial charge in [-0.25, -0.2) is 8.42 Å². The van der Waals surface area contributed by atoms with Crippen molar-refractivity contribution >= 4 is 25.8 Å². The molecule has 0 saturated heterocycles. The summed E-state index contributed by atoms with van der Waals surface area (Å²) in [5.41, 5.74) is 1.21. The highest BCUT2D eigenvalue weighted by atomic mass is 79.9. The molecule has 87 valence electrons. The molecule has 0 bridgehead atoms. The molecule has 1 unspecified atom stereocenters. The molecule has 0 aliphatic heterocycles. The summed E-state index contributed by atoms with van der Waals surface area (Å²) in [5.74, 6) is 0.491. The molecule has 1 aliphatic carbocycles. The van der Waals surface area contributed by atoms with Crippen molar-refractivity contribution in [1.29, 1.82) is 0 Å². The lowest BCUT2D eigenvalue weighted by atomic mass is 9.98. The zero-order chi connectivity index (χ0) is 11.8. The molecule has 0 amide bonds. The Morgan fingerprint density at radius 1 is 1.38 bits per heavy atom. The predicted molar refractivity (Wildman–Crippen MR) is 68.1 cm³/mol. The Morgan fingerprint density at radius 3 is 2.62 bits per heavy atom. The summed E-state index contributed by atoms with van der Waals surface area (Å²) in [6, 6.07) is 5.55. The summed E-state index contributed by atoms with van der Waals surface area (Å²) in [7, 11) is -3.13. The first-order chi connectivity index (χ1) is 7.48. The quantitative estimate of drug-likeness (QED) is 0.840. The Morgan fingerprint density at radius 2 is 2.12 bits per heavy atom. The minimum Gasteiger partial charge on any atom is -0.224 e. The lowest BCUT2D eigenvalue weighted by Crippen LogP contribution is -2.00. The Balaban J connectivity index is 2.36. The van der Waals surface area contributed by atoms with Crippen LogP contribution in [0.15, 0.2) is 27.6 Å². The van der Waals surface area contributed by atoms with E-state index in [9.17, 15) is 8.42 Å². The molecular formula is C12H14BrO2S. The van der Waals surface area contributed by atoms with Gasteiger partial charge in [-0.05, 0) is 58.8 Å². The van der Waals surface area contributed by atoms with Gasteiger partial charge in [-0.15, -0.1) is 0 Å². The highest BCUT2D eigenvalue weighted by molar-refractivity contribution is 9.10. The molecule has 16 heavy (non-hydrogen) atoms. The summed E-state index contributed by atoms with van der Waals surface area (Å²) in [6.45, 7) is 0. The third-order valence-corrected chi connectivity index (χ3v) is 5.03. The van der Waals surface area contributed by atoms with E-state index in [1.165, 1.54) is 24.7 Å². The van der Waals surface area contributed by atoms with E-state index in [2.05, 4.69) is 22.4 Å². The molecule has 0 aromatic heterocycles. The largest absolute Gasteiger partial charge is 0.224 e. The smallest absolute Gasteiger partial charge is 0.176 e. The first-order valence-electron chi connectivity index (χ1n) is 5.31. The number of hydrogen-bond acceptors (Lipinski definition) is 2. The van der Waals surface area contributed by atoms with Crippen molar-refractivity contribution in [3.8, 4) is 0 Å². The van der Waals surface area contributed by atoms with Gasteiger partial charge in [0.25, 0.3) is 0 Å². The molecule has 0 heterocycles. The van der Waals surface area contributed by atoms with Gasteiger partial charge in [0.05, 0.1) is 4.90 Å². The van der Waals surface area contributed by atoms with E-state index < -0.39 is 9.84 Å². The van der Waals surface area contributed by atoms with Gasteiger partial charge in [0.2, 0.25) is 0 Å². The van der Waals surface area contributed by atoms with Gasteiger partial charge >= 0.3 is 0 Å². The maximum atomic E-state index is 11.4. The van der Waals surface area contributed by atoms with Gasteiger partial charge in [-0.3, -0.25) is 0 Å². The SMILES string of the molecule is CS(=O)(=O)c1ccc(C2[CH]CCC2)cc1Br. The van der Waals surface area contributed by atoms with Crippen molar-refractivity contribution in [2.24, 2.45) is 0 Å². The second kappa shape index (κ2) is 4.49. The number of benzene rings is 1. The molecule has 0 spiro atoms. The van der Waals surface area contributed by atoms with Crippen molar-refractivity contribution in [2.45, 2.75) is 30.1 Å². The monoisotopic (exact) mass is 301 g/mol. The number of rotatable bonds is 2. The summed E-state index contributed by atoms with van der Waals surface area (Å²) < 4.78 is 23.6. The molecular weight excluding hydrogens is 288 g/mol. The van der Waals surface area contributed by atoms with Crippen LogP contribution in [-0.2, 0) is 9.84 Å². The van der Waals surface area contributed by atoms with Crippen LogP contribution in [0.5, 0.6) is 0 Å². The second-order valence-corrected chi connectivity index (χ2v) is 7.07.